The summed E-state index contributed by atoms with van der Waals surface area (Å²) in [6.07, 6.45) is 5.46. The third-order valence-corrected chi connectivity index (χ3v) is 4.04. The van der Waals surface area contributed by atoms with E-state index in [1.54, 1.807) is 0 Å². The highest BCUT2D eigenvalue weighted by Gasteiger charge is 2.19. The van der Waals surface area contributed by atoms with Gasteiger partial charge in [-0.05, 0) is 38.0 Å². The fourth-order valence-electron chi connectivity index (χ4n) is 2.96. The molecular formula is C19H24N4O. The molecule has 5 nitrogen and oxygen atoms in total. The molecule has 2 aromatic rings. The van der Waals surface area contributed by atoms with Gasteiger partial charge in [0.05, 0.1) is 11.4 Å². The molecule has 0 saturated heterocycles. The number of aromatic nitrogens is 2. The highest BCUT2D eigenvalue weighted by atomic mass is 16.1. The molecule has 2 N–H and O–H groups in total. The van der Waals surface area contributed by atoms with Gasteiger partial charge in [-0.1, -0.05) is 25.5 Å². The molecule has 1 aromatic carbocycles. The summed E-state index contributed by atoms with van der Waals surface area (Å²) in [7, 11) is 0. The van der Waals surface area contributed by atoms with Crippen LogP contribution in [0.3, 0.4) is 0 Å². The molecule has 0 bridgehead atoms. The number of aryl methyl sites for hydroxylation is 1. The molecule has 1 aliphatic heterocycles. The van der Waals surface area contributed by atoms with Crippen LogP contribution in [0.5, 0.6) is 0 Å². The van der Waals surface area contributed by atoms with Gasteiger partial charge in [0.15, 0.2) is 0 Å². The zero-order valence-electron chi connectivity index (χ0n) is 14.5. The third-order valence-electron chi connectivity index (χ3n) is 4.04. The number of amides is 1. The Hall–Kier alpha value is -2.56. The summed E-state index contributed by atoms with van der Waals surface area (Å²) >= 11 is 0. The lowest BCUT2D eigenvalue weighted by molar-refractivity contribution is -0.114. The summed E-state index contributed by atoms with van der Waals surface area (Å²) in [6.45, 7) is 5.83. The molecule has 1 amide bonds. The predicted octanol–water partition coefficient (Wildman–Crippen LogP) is 3.89. The third kappa shape index (κ3) is 3.50. The van der Waals surface area contributed by atoms with Gasteiger partial charge in [0.1, 0.15) is 5.82 Å². The Bertz CT molecular complexity index is 775. The first kappa shape index (κ1) is 16.3. The molecule has 1 unspecified atom stereocenters. The fraction of sp³-hybridized carbons (Fsp3) is 0.368. The Morgan fingerprint density at radius 3 is 2.96 bits per heavy atom. The van der Waals surface area contributed by atoms with Crippen LogP contribution in [-0.4, -0.2) is 21.7 Å². The quantitative estimate of drug-likeness (QED) is 0.877. The standard InChI is InChI=1S/C19H24N4O/c1-4-5-8-17-12-19-20-13(2)10-18(23(19)22-17)15-7-6-9-16(11-15)21-14(3)24/h6-7,9-13,20H,4-5,8H2,1-3H3,(H,21,24). The number of carbonyl (C=O) groups excluding carboxylic acids is 1. The van der Waals surface area contributed by atoms with Gasteiger partial charge in [0.25, 0.3) is 0 Å². The Kier molecular flexibility index (Phi) is 4.69. The van der Waals surface area contributed by atoms with E-state index in [4.69, 9.17) is 5.10 Å². The number of hydrogen-bond acceptors (Lipinski definition) is 3. The monoisotopic (exact) mass is 324 g/mol. The SMILES string of the molecule is CCCCc1cc2n(n1)C(c1cccc(NC(C)=O)c1)=CC(C)N2. The Morgan fingerprint density at radius 2 is 2.21 bits per heavy atom. The van der Waals surface area contributed by atoms with Crippen molar-refractivity contribution in [3.05, 3.63) is 47.7 Å². The largest absolute Gasteiger partial charge is 0.364 e. The number of anilines is 2. The minimum atomic E-state index is -0.0681. The van der Waals surface area contributed by atoms with Crippen molar-refractivity contribution in [3.8, 4) is 0 Å². The Balaban J connectivity index is 1.96. The number of rotatable bonds is 5. The van der Waals surface area contributed by atoms with Crippen LogP contribution in [0.4, 0.5) is 11.5 Å². The summed E-state index contributed by atoms with van der Waals surface area (Å²) in [5, 5.41) is 11.1. The lowest BCUT2D eigenvalue weighted by Gasteiger charge is -2.22. The van der Waals surface area contributed by atoms with Crippen molar-refractivity contribution < 1.29 is 4.79 Å². The topological polar surface area (TPSA) is 59.0 Å². The molecule has 1 aliphatic rings. The first-order valence-electron chi connectivity index (χ1n) is 8.52. The van der Waals surface area contributed by atoms with E-state index in [9.17, 15) is 4.79 Å². The second-order valence-corrected chi connectivity index (χ2v) is 6.28. The van der Waals surface area contributed by atoms with Crippen LogP contribution in [0.2, 0.25) is 0 Å². The van der Waals surface area contributed by atoms with Crippen molar-refractivity contribution in [2.45, 2.75) is 46.1 Å². The molecule has 0 radical (unpaired) electrons. The summed E-state index contributed by atoms with van der Waals surface area (Å²) in [6, 6.07) is 10.3. The van der Waals surface area contributed by atoms with E-state index in [1.165, 1.54) is 6.92 Å². The molecule has 0 aliphatic carbocycles. The minimum absolute atomic E-state index is 0.0681. The average Bonchev–Trinajstić information content (AvgIpc) is 2.94. The molecule has 3 rings (SSSR count). The highest BCUT2D eigenvalue weighted by Crippen LogP contribution is 2.29. The van der Waals surface area contributed by atoms with Gasteiger partial charge in [-0.3, -0.25) is 4.79 Å². The lowest BCUT2D eigenvalue weighted by atomic mass is 10.1. The zero-order valence-corrected chi connectivity index (χ0v) is 14.5. The maximum Gasteiger partial charge on any atom is 0.221 e. The van der Waals surface area contributed by atoms with E-state index in [0.29, 0.717) is 0 Å². The van der Waals surface area contributed by atoms with Crippen LogP contribution in [0.1, 0.15) is 44.9 Å². The molecule has 0 saturated carbocycles. The van der Waals surface area contributed by atoms with Crippen molar-refractivity contribution >= 4 is 23.1 Å². The maximum absolute atomic E-state index is 11.3. The number of nitrogens with zero attached hydrogens (tertiary/aromatic N) is 2. The minimum Gasteiger partial charge on any atom is -0.364 e. The van der Waals surface area contributed by atoms with Gasteiger partial charge in [0, 0.05) is 30.3 Å². The number of carbonyl (C=O) groups is 1. The molecule has 1 aromatic heterocycles. The molecular weight excluding hydrogens is 300 g/mol. The summed E-state index contributed by atoms with van der Waals surface area (Å²) in [4.78, 5) is 11.3. The summed E-state index contributed by atoms with van der Waals surface area (Å²) in [5.41, 5.74) is 4.00. The number of unbranched alkanes of at least 4 members (excludes halogenated alkanes) is 1. The Labute approximate surface area is 142 Å². The van der Waals surface area contributed by atoms with Crippen LogP contribution < -0.4 is 10.6 Å². The number of nitrogens with one attached hydrogen (secondary N) is 2. The number of fused-ring (bicyclic) bond motifs is 1. The smallest absolute Gasteiger partial charge is 0.221 e. The van der Waals surface area contributed by atoms with E-state index in [-0.39, 0.29) is 11.9 Å². The van der Waals surface area contributed by atoms with Crippen LogP contribution >= 0.6 is 0 Å². The van der Waals surface area contributed by atoms with Gasteiger partial charge in [-0.15, -0.1) is 0 Å². The van der Waals surface area contributed by atoms with Gasteiger partial charge in [-0.25, -0.2) is 4.68 Å². The first-order chi connectivity index (χ1) is 11.6. The van der Waals surface area contributed by atoms with E-state index in [2.05, 4.69) is 36.6 Å². The second kappa shape index (κ2) is 6.91. The predicted molar refractivity (Wildman–Crippen MR) is 98.0 cm³/mol. The van der Waals surface area contributed by atoms with E-state index < -0.39 is 0 Å². The molecule has 0 fully saturated rings. The summed E-state index contributed by atoms with van der Waals surface area (Å²) < 4.78 is 1.97. The second-order valence-electron chi connectivity index (χ2n) is 6.28. The first-order valence-corrected chi connectivity index (χ1v) is 8.52. The molecule has 1 atom stereocenters. The van der Waals surface area contributed by atoms with Crippen molar-refractivity contribution in [1.82, 2.24) is 9.78 Å². The molecule has 24 heavy (non-hydrogen) atoms. The van der Waals surface area contributed by atoms with Crippen molar-refractivity contribution in [3.63, 3.8) is 0 Å². The van der Waals surface area contributed by atoms with Crippen molar-refractivity contribution in [2.24, 2.45) is 0 Å². The van der Waals surface area contributed by atoms with Crippen LogP contribution in [0.25, 0.3) is 5.70 Å². The molecule has 2 heterocycles. The average molecular weight is 324 g/mol. The fourth-order valence-corrected chi connectivity index (χ4v) is 2.96. The molecule has 5 heteroatoms. The van der Waals surface area contributed by atoms with E-state index in [0.717, 1.165) is 47.7 Å². The number of hydrogen-bond donors (Lipinski definition) is 2. The van der Waals surface area contributed by atoms with Gasteiger partial charge in [-0.2, -0.15) is 5.10 Å². The summed E-state index contributed by atoms with van der Waals surface area (Å²) in [5.74, 6) is 0.956. The van der Waals surface area contributed by atoms with Gasteiger partial charge < -0.3 is 10.6 Å². The zero-order chi connectivity index (χ0) is 17.1. The van der Waals surface area contributed by atoms with Crippen molar-refractivity contribution in [1.29, 1.82) is 0 Å². The number of benzene rings is 1. The van der Waals surface area contributed by atoms with Crippen LogP contribution in [0, 0.1) is 0 Å². The normalized spacial score (nSPS) is 16.1. The molecule has 0 spiro atoms. The van der Waals surface area contributed by atoms with Gasteiger partial charge in [0.2, 0.25) is 5.91 Å². The maximum atomic E-state index is 11.3. The van der Waals surface area contributed by atoms with Crippen LogP contribution in [-0.2, 0) is 11.2 Å². The van der Waals surface area contributed by atoms with Gasteiger partial charge >= 0.3 is 0 Å². The molecule has 126 valence electrons. The van der Waals surface area contributed by atoms with Crippen LogP contribution in [0.15, 0.2) is 36.4 Å². The van der Waals surface area contributed by atoms with E-state index >= 15 is 0 Å². The highest BCUT2D eigenvalue weighted by molar-refractivity contribution is 5.89. The lowest BCUT2D eigenvalue weighted by Crippen LogP contribution is -2.22. The Morgan fingerprint density at radius 1 is 1.38 bits per heavy atom. The van der Waals surface area contributed by atoms with E-state index in [1.807, 2.05) is 28.9 Å². The van der Waals surface area contributed by atoms with Crippen molar-refractivity contribution in [2.75, 3.05) is 10.6 Å².